The van der Waals surface area contributed by atoms with Gasteiger partial charge in [-0.2, -0.15) is 4.57 Å². The number of hydrogen-bond donors (Lipinski definition) is 1. The minimum atomic E-state index is 0.520. The Morgan fingerprint density at radius 3 is 2.62 bits per heavy atom. The Balaban J connectivity index is 2.15. The lowest BCUT2D eigenvalue weighted by Gasteiger charge is -1.89. The summed E-state index contributed by atoms with van der Waals surface area (Å²) in [6.07, 6.45) is 3.97. The van der Waals surface area contributed by atoms with Crippen molar-refractivity contribution in [2.75, 3.05) is 5.73 Å². The summed E-state index contributed by atoms with van der Waals surface area (Å²) in [6.45, 7) is 0.732. The molecule has 4 nitrogen and oxygen atoms in total. The number of aromatic nitrogens is 3. The second-order valence-corrected chi connectivity index (χ2v) is 3.68. The molecule has 0 aliphatic heterocycles. The Kier molecular flexibility index (Phi) is 2.18. The van der Waals surface area contributed by atoms with Crippen molar-refractivity contribution in [1.82, 2.24) is 10.2 Å². The van der Waals surface area contributed by atoms with Crippen molar-refractivity contribution in [3.63, 3.8) is 0 Å². The number of rotatable bonds is 2. The summed E-state index contributed by atoms with van der Waals surface area (Å²) in [5.74, 6) is 0. The Labute approximate surface area is 79.7 Å². The van der Waals surface area contributed by atoms with E-state index in [9.17, 15) is 0 Å². The van der Waals surface area contributed by atoms with Gasteiger partial charge in [-0.15, -0.1) is 10.2 Å². The first-order valence-electron chi connectivity index (χ1n) is 3.86. The topological polar surface area (TPSA) is 55.7 Å². The summed E-state index contributed by atoms with van der Waals surface area (Å²) >= 11 is 1.42. The monoisotopic (exact) mass is 193 g/mol. The van der Waals surface area contributed by atoms with Crippen LogP contribution in [0.2, 0.25) is 0 Å². The van der Waals surface area contributed by atoms with Gasteiger partial charge in [0.2, 0.25) is 11.7 Å². The molecular weight excluding hydrogens is 184 g/mol. The van der Waals surface area contributed by atoms with Crippen molar-refractivity contribution in [2.45, 2.75) is 6.54 Å². The second kappa shape index (κ2) is 3.49. The van der Waals surface area contributed by atoms with E-state index in [0.717, 1.165) is 11.6 Å². The molecule has 0 amide bonds. The van der Waals surface area contributed by atoms with Gasteiger partial charge in [-0.25, -0.2) is 0 Å². The van der Waals surface area contributed by atoms with Crippen LogP contribution in [0.5, 0.6) is 0 Å². The lowest BCUT2D eigenvalue weighted by atomic mass is 10.5. The zero-order valence-electron chi connectivity index (χ0n) is 6.92. The Morgan fingerprint density at radius 2 is 2.00 bits per heavy atom. The highest BCUT2D eigenvalue weighted by Crippen LogP contribution is 2.09. The molecule has 0 aliphatic carbocycles. The molecule has 66 valence electrons. The number of nitrogens with two attached hydrogens (primary N) is 1. The van der Waals surface area contributed by atoms with Crippen molar-refractivity contribution in [1.29, 1.82) is 0 Å². The van der Waals surface area contributed by atoms with Crippen LogP contribution in [0.4, 0.5) is 5.13 Å². The fourth-order valence-electron chi connectivity index (χ4n) is 1.03. The van der Waals surface area contributed by atoms with Crippen molar-refractivity contribution < 1.29 is 4.57 Å². The third-order valence-electron chi connectivity index (χ3n) is 1.58. The molecule has 5 heteroatoms. The number of nitrogens with zero attached hydrogens (tertiary/aromatic N) is 3. The third-order valence-corrected chi connectivity index (χ3v) is 2.31. The molecule has 0 spiro atoms. The summed E-state index contributed by atoms with van der Waals surface area (Å²) in [5, 5.41) is 9.12. The van der Waals surface area contributed by atoms with Gasteiger partial charge >= 0.3 is 0 Å². The van der Waals surface area contributed by atoms with Crippen molar-refractivity contribution in [3.8, 4) is 0 Å². The Morgan fingerprint density at radius 1 is 1.23 bits per heavy atom. The zero-order chi connectivity index (χ0) is 9.10. The van der Waals surface area contributed by atoms with Crippen LogP contribution in [0.25, 0.3) is 0 Å². The van der Waals surface area contributed by atoms with E-state index in [1.807, 2.05) is 35.2 Å². The molecule has 0 bridgehead atoms. The van der Waals surface area contributed by atoms with Crippen LogP contribution in [0.15, 0.2) is 30.6 Å². The molecule has 2 aromatic rings. The molecule has 0 atom stereocenters. The number of pyridine rings is 1. The molecule has 0 saturated heterocycles. The third kappa shape index (κ3) is 2.00. The van der Waals surface area contributed by atoms with E-state index in [4.69, 9.17) is 5.73 Å². The van der Waals surface area contributed by atoms with E-state index in [0.29, 0.717) is 5.13 Å². The largest absolute Gasteiger partial charge is 0.374 e. The lowest BCUT2D eigenvalue weighted by Crippen LogP contribution is -2.32. The van der Waals surface area contributed by atoms with Crippen LogP contribution in [0.1, 0.15) is 5.01 Å². The quantitative estimate of drug-likeness (QED) is 0.705. The van der Waals surface area contributed by atoms with Gasteiger partial charge in [0.25, 0.3) is 0 Å². The van der Waals surface area contributed by atoms with Crippen LogP contribution >= 0.6 is 11.3 Å². The molecule has 0 radical (unpaired) electrons. The maximum Gasteiger partial charge on any atom is 0.203 e. The van der Waals surface area contributed by atoms with Crippen LogP contribution in [0, 0.1) is 0 Å². The summed E-state index contributed by atoms with van der Waals surface area (Å²) in [4.78, 5) is 0. The normalized spacial score (nSPS) is 10.2. The second-order valence-electron chi connectivity index (χ2n) is 2.58. The van der Waals surface area contributed by atoms with Crippen LogP contribution in [-0.4, -0.2) is 10.2 Å². The van der Waals surface area contributed by atoms with Gasteiger partial charge in [-0.3, -0.25) is 0 Å². The SMILES string of the molecule is Nc1nnc(C[n+]2ccccc2)s1. The number of anilines is 1. The fraction of sp³-hybridized carbons (Fsp3) is 0.125. The summed E-state index contributed by atoms with van der Waals surface area (Å²) in [6, 6.07) is 5.93. The molecular formula is C8H9N4S+. The predicted octanol–water partition coefficient (Wildman–Crippen LogP) is 0.456. The standard InChI is InChI=1S/C8H9N4S/c9-8-11-10-7(13-8)6-12-4-2-1-3-5-12/h1-5H,6H2,(H2,9,11)/q+1. The van der Waals surface area contributed by atoms with Gasteiger partial charge in [0.15, 0.2) is 17.4 Å². The van der Waals surface area contributed by atoms with Gasteiger partial charge in [0, 0.05) is 12.1 Å². The van der Waals surface area contributed by atoms with E-state index < -0.39 is 0 Å². The van der Waals surface area contributed by atoms with Gasteiger partial charge in [-0.05, 0) is 0 Å². The highest BCUT2D eigenvalue weighted by Gasteiger charge is 2.05. The first kappa shape index (κ1) is 8.12. The molecule has 0 aromatic carbocycles. The van der Waals surface area contributed by atoms with E-state index in [2.05, 4.69) is 10.2 Å². The van der Waals surface area contributed by atoms with Crippen LogP contribution in [0.3, 0.4) is 0 Å². The predicted molar refractivity (Wildman–Crippen MR) is 50.1 cm³/mol. The van der Waals surface area contributed by atoms with E-state index in [1.54, 1.807) is 0 Å². The minimum absolute atomic E-state index is 0.520. The van der Waals surface area contributed by atoms with Crippen molar-refractivity contribution >= 4 is 16.5 Å². The Hall–Kier alpha value is -1.49. The summed E-state index contributed by atoms with van der Waals surface area (Å²) in [7, 11) is 0. The molecule has 0 fully saturated rings. The van der Waals surface area contributed by atoms with Crippen LogP contribution < -0.4 is 10.3 Å². The van der Waals surface area contributed by atoms with E-state index in [1.165, 1.54) is 11.3 Å². The number of nitrogen functional groups attached to an aromatic ring is 1. The number of hydrogen-bond acceptors (Lipinski definition) is 4. The smallest absolute Gasteiger partial charge is 0.203 e. The maximum atomic E-state index is 5.47. The summed E-state index contributed by atoms with van der Waals surface area (Å²) < 4.78 is 2.03. The molecule has 13 heavy (non-hydrogen) atoms. The summed E-state index contributed by atoms with van der Waals surface area (Å²) in [5.41, 5.74) is 5.47. The highest BCUT2D eigenvalue weighted by atomic mass is 32.1. The fourth-order valence-corrected chi connectivity index (χ4v) is 1.64. The van der Waals surface area contributed by atoms with Gasteiger partial charge in [-0.1, -0.05) is 17.4 Å². The zero-order valence-corrected chi connectivity index (χ0v) is 7.74. The molecule has 2 aromatic heterocycles. The van der Waals surface area contributed by atoms with E-state index >= 15 is 0 Å². The molecule has 2 heterocycles. The van der Waals surface area contributed by atoms with Crippen molar-refractivity contribution in [3.05, 3.63) is 35.6 Å². The maximum absolute atomic E-state index is 5.47. The van der Waals surface area contributed by atoms with Crippen molar-refractivity contribution in [2.24, 2.45) is 0 Å². The first-order valence-corrected chi connectivity index (χ1v) is 4.68. The van der Waals surface area contributed by atoms with Crippen LogP contribution in [-0.2, 0) is 6.54 Å². The highest BCUT2D eigenvalue weighted by molar-refractivity contribution is 7.15. The van der Waals surface area contributed by atoms with Gasteiger partial charge in [0.05, 0.1) is 0 Å². The average Bonchev–Trinajstić information content (AvgIpc) is 2.53. The average molecular weight is 193 g/mol. The molecule has 0 aliphatic rings. The lowest BCUT2D eigenvalue weighted by molar-refractivity contribution is -0.688. The Bertz CT molecular complexity index is 384. The molecule has 0 unspecified atom stereocenters. The molecule has 2 rings (SSSR count). The minimum Gasteiger partial charge on any atom is -0.374 e. The van der Waals surface area contributed by atoms with Gasteiger partial charge in [0.1, 0.15) is 0 Å². The molecule has 0 saturated carbocycles. The molecule has 2 N–H and O–H groups in total. The van der Waals surface area contributed by atoms with E-state index in [-0.39, 0.29) is 0 Å². The van der Waals surface area contributed by atoms with Gasteiger partial charge < -0.3 is 5.73 Å². The first-order chi connectivity index (χ1) is 6.34.